The second-order valence-corrected chi connectivity index (χ2v) is 9.94. The standard InChI is InChI=1S/C30H26Cl2N2O5/c1-3-39-20-7-4-17(5-8-20)27-26(28(35)22-10-6-19(31)14-24(22)32)29(36)30(37)34(27)13-12-18-16-33-25-11-9-21(38-2)15-23(18)25/h4-11,14-16,27,33,35H,3,12-13H2,1-2H3/t27-/m1/s1. The number of benzene rings is 3. The molecule has 4 aromatic rings. The summed E-state index contributed by atoms with van der Waals surface area (Å²) in [6.45, 7) is 2.62. The molecule has 0 bridgehead atoms. The Bertz CT molecular complexity index is 1590. The molecule has 0 radical (unpaired) electrons. The van der Waals surface area contributed by atoms with Crippen LogP contribution in [0.25, 0.3) is 16.7 Å². The number of aromatic nitrogens is 1. The van der Waals surface area contributed by atoms with Gasteiger partial charge in [-0.2, -0.15) is 0 Å². The number of halogens is 2. The Kier molecular flexibility index (Phi) is 7.55. The summed E-state index contributed by atoms with van der Waals surface area (Å²) >= 11 is 12.4. The zero-order chi connectivity index (χ0) is 27.7. The third kappa shape index (κ3) is 5.07. The number of aromatic amines is 1. The summed E-state index contributed by atoms with van der Waals surface area (Å²) < 4.78 is 10.9. The number of carbonyl (C=O) groups excluding carboxylic acids is 2. The molecule has 0 aliphatic carbocycles. The number of nitrogens with zero attached hydrogens (tertiary/aromatic N) is 1. The number of H-pyrrole nitrogens is 1. The molecular formula is C30H26Cl2N2O5. The smallest absolute Gasteiger partial charge is 0.295 e. The monoisotopic (exact) mass is 564 g/mol. The van der Waals surface area contributed by atoms with Crippen LogP contribution in [0.15, 0.2) is 72.4 Å². The number of aliphatic hydroxyl groups excluding tert-OH is 1. The Morgan fingerprint density at radius 3 is 2.46 bits per heavy atom. The second-order valence-electron chi connectivity index (χ2n) is 9.09. The van der Waals surface area contributed by atoms with Crippen LogP contribution in [-0.2, 0) is 16.0 Å². The Morgan fingerprint density at radius 2 is 1.77 bits per heavy atom. The van der Waals surface area contributed by atoms with Gasteiger partial charge in [0.2, 0.25) is 0 Å². The maximum absolute atomic E-state index is 13.4. The van der Waals surface area contributed by atoms with Gasteiger partial charge in [-0.05, 0) is 73.0 Å². The van der Waals surface area contributed by atoms with Crippen molar-refractivity contribution in [3.8, 4) is 11.5 Å². The van der Waals surface area contributed by atoms with E-state index in [0.29, 0.717) is 29.4 Å². The summed E-state index contributed by atoms with van der Waals surface area (Å²) in [6.07, 6.45) is 2.36. The number of Topliss-reactive ketones (excluding diaryl/α,β-unsaturated/α-hetero) is 1. The minimum atomic E-state index is -0.827. The first kappa shape index (κ1) is 26.7. The van der Waals surface area contributed by atoms with Gasteiger partial charge in [-0.15, -0.1) is 0 Å². The maximum atomic E-state index is 13.4. The molecule has 5 rings (SSSR count). The van der Waals surface area contributed by atoms with Gasteiger partial charge in [-0.3, -0.25) is 9.59 Å². The topological polar surface area (TPSA) is 91.9 Å². The highest BCUT2D eigenvalue weighted by Crippen LogP contribution is 2.41. The number of hydrogen-bond acceptors (Lipinski definition) is 5. The number of carbonyl (C=O) groups is 2. The highest BCUT2D eigenvalue weighted by Gasteiger charge is 2.46. The minimum Gasteiger partial charge on any atom is -0.507 e. The van der Waals surface area contributed by atoms with Crippen LogP contribution in [0, 0.1) is 0 Å². The van der Waals surface area contributed by atoms with E-state index in [4.69, 9.17) is 32.7 Å². The van der Waals surface area contributed by atoms with Gasteiger partial charge in [-0.25, -0.2) is 0 Å². The highest BCUT2D eigenvalue weighted by molar-refractivity contribution is 6.47. The highest BCUT2D eigenvalue weighted by atomic mass is 35.5. The third-order valence-electron chi connectivity index (χ3n) is 6.83. The number of aliphatic hydroxyl groups is 1. The molecule has 1 saturated heterocycles. The number of rotatable bonds is 8. The van der Waals surface area contributed by atoms with E-state index in [-0.39, 0.29) is 28.5 Å². The summed E-state index contributed by atoms with van der Waals surface area (Å²) in [4.78, 5) is 31.5. The SMILES string of the molecule is CCOc1ccc([C@@H]2C(=C(O)c3ccc(Cl)cc3Cl)C(=O)C(=O)N2CCc2c[nH]c3ccc(OC)cc23)cc1. The first-order chi connectivity index (χ1) is 18.8. The number of hydrogen-bond donors (Lipinski definition) is 2. The predicted octanol–water partition coefficient (Wildman–Crippen LogP) is 6.55. The molecule has 1 aliphatic rings. The number of fused-ring (bicyclic) bond motifs is 1. The van der Waals surface area contributed by atoms with Crippen molar-refractivity contribution in [2.75, 3.05) is 20.3 Å². The van der Waals surface area contributed by atoms with Crippen molar-refractivity contribution in [2.45, 2.75) is 19.4 Å². The molecular weight excluding hydrogens is 539 g/mol. The van der Waals surface area contributed by atoms with Crippen molar-refractivity contribution in [3.63, 3.8) is 0 Å². The third-order valence-corrected chi connectivity index (χ3v) is 7.38. The number of likely N-dealkylation sites (tertiary alicyclic amines) is 1. The van der Waals surface area contributed by atoms with Crippen LogP contribution in [0.4, 0.5) is 0 Å². The largest absolute Gasteiger partial charge is 0.507 e. The molecule has 1 aromatic heterocycles. The number of ketones is 1. The van der Waals surface area contributed by atoms with Crippen molar-refractivity contribution in [2.24, 2.45) is 0 Å². The van der Waals surface area contributed by atoms with E-state index < -0.39 is 17.7 Å². The first-order valence-electron chi connectivity index (χ1n) is 12.4. The summed E-state index contributed by atoms with van der Waals surface area (Å²) in [5.74, 6) is -0.450. The van der Waals surface area contributed by atoms with E-state index in [0.717, 1.165) is 22.2 Å². The molecule has 1 aliphatic heterocycles. The summed E-state index contributed by atoms with van der Waals surface area (Å²) in [6, 6.07) is 16.6. The molecule has 7 nitrogen and oxygen atoms in total. The number of ether oxygens (including phenoxy) is 2. The molecule has 9 heteroatoms. The number of amides is 1. The lowest BCUT2D eigenvalue weighted by Crippen LogP contribution is -2.31. The Hall–Kier alpha value is -3.94. The molecule has 0 saturated carbocycles. The lowest BCUT2D eigenvalue weighted by Gasteiger charge is -2.25. The normalized spacial score (nSPS) is 16.7. The van der Waals surface area contributed by atoms with E-state index in [1.54, 1.807) is 37.4 Å². The average Bonchev–Trinajstić information content (AvgIpc) is 3.45. The van der Waals surface area contributed by atoms with Crippen LogP contribution in [0.3, 0.4) is 0 Å². The number of methoxy groups -OCH3 is 1. The summed E-state index contributed by atoms with van der Waals surface area (Å²) in [5, 5.41) is 12.9. The van der Waals surface area contributed by atoms with E-state index >= 15 is 0 Å². The molecule has 2 N–H and O–H groups in total. The number of nitrogens with one attached hydrogen (secondary N) is 1. The maximum Gasteiger partial charge on any atom is 0.295 e. The van der Waals surface area contributed by atoms with Crippen molar-refractivity contribution in [3.05, 3.63) is 99.2 Å². The van der Waals surface area contributed by atoms with Crippen LogP contribution < -0.4 is 9.47 Å². The lowest BCUT2D eigenvalue weighted by molar-refractivity contribution is -0.139. The summed E-state index contributed by atoms with van der Waals surface area (Å²) in [7, 11) is 1.61. The van der Waals surface area contributed by atoms with Gasteiger partial charge in [0.15, 0.2) is 0 Å². The molecule has 3 aromatic carbocycles. The fourth-order valence-corrected chi connectivity index (χ4v) is 5.43. The Labute approximate surface area is 235 Å². The van der Waals surface area contributed by atoms with Gasteiger partial charge in [0, 0.05) is 34.2 Å². The molecule has 2 heterocycles. The zero-order valence-electron chi connectivity index (χ0n) is 21.3. The fraction of sp³-hybridized carbons (Fsp3) is 0.200. The summed E-state index contributed by atoms with van der Waals surface area (Å²) in [5.41, 5.74) is 2.75. The van der Waals surface area contributed by atoms with E-state index in [2.05, 4.69) is 4.98 Å². The van der Waals surface area contributed by atoms with Crippen molar-refractivity contribution >= 4 is 51.6 Å². The molecule has 200 valence electrons. The molecule has 1 atom stereocenters. The van der Waals surface area contributed by atoms with E-state index in [9.17, 15) is 14.7 Å². The van der Waals surface area contributed by atoms with Crippen LogP contribution in [-0.4, -0.2) is 46.9 Å². The molecule has 1 amide bonds. The molecule has 0 unspecified atom stereocenters. The van der Waals surface area contributed by atoms with Gasteiger partial charge in [-0.1, -0.05) is 35.3 Å². The van der Waals surface area contributed by atoms with Gasteiger partial charge >= 0.3 is 0 Å². The van der Waals surface area contributed by atoms with Crippen molar-refractivity contribution in [1.82, 2.24) is 9.88 Å². The van der Waals surface area contributed by atoms with Gasteiger partial charge in [0.25, 0.3) is 11.7 Å². The Balaban J connectivity index is 1.56. The van der Waals surface area contributed by atoms with Crippen molar-refractivity contribution in [1.29, 1.82) is 0 Å². The van der Waals surface area contributed by atoms with Crippen LogP contribution >= 0.6 is 23.2 Å². The predicted molar refractivity (Wildman–Crippen MR) is 152 cm³/mol. The van der Waals surface area contributed by atoms with Gasteiger partial charge in [0.1, 0.15) is 17.3 Å². The molecule has 1 fully saturated rings. The quantitative estimate of drug-likeness (QED) is 0.144. The zero-order valence-corrected chi connectivity index (χ0v) is 22.8. The Morgan fingerprint density at radius 1 is 1.03 bits per heavy atom. The molecule has 39 heavy (non-hydrogen) atoms. The minimum absolute atomic E-state index is 0.0334. The van der Waals surface area contributed by atoms with E-state index in [1.807, 2.05) is 31.3 Å². The van der Waals surface area contributed by atoms with Gasteiger partial charge in [0.05, 0.1) is 30.4 Å². The van der Waals surface area contributed by atoms with Crippen LogP contribution in [0.5, 0.6) is 11.5 Å². The first-order valence-corrected chi connectivity index (χ1v) is 13.2. The fourth-order valence-electron chi connectivity index (χ4n) is 4.93. The van der Waals surface area contributed by atoms with Crippen LogP contribution in [0.1, 0.15) is 29.7 Å². The van der Waals surface area contributed by atoms with Crippen molar-refractivity contribution < 1.29 is 24.2 Å². The van der Waals surface area contributed by atoms with Gasteiger partial charge < -0.3 is 24.5 Å². The molecule has 0 spiro atoms. The van der Waals surface area contributed by atoms with Crippen LogP contribution in [0.2, 0.25) is 10.0 Å². The van der Waals surface area contributed by atoms with E-state index in [1.165, 1.54) is 17.0 Å². The second kappa shape index (κ2) is 11.0. The lowest BCUT2D eigenvalue weighted by atomic mass is 9.95. The average molecular weight is 565 g/mol.